The first-order chi connectivity index (χ1) is 19.2. The van der Waals surface area contributed by atoms with Gasteiger partial charge in [0.2, 0.25) is 0 Å². The Labute approximate surface area is 248 Å². The van der Waals surface area contributed by atoms with Crippen molar-refractivity contribution in [2.24, 2.45) is 46.3 Å². The van der Waals surface area contributed by atoms with Gasteiger partial charge in [-0.15, -0.1) is 0 Å². The Kier molecular flexibility index (Phi) is 11.5. The molecule has 40 heavy (non-hydrogen) atoms. The van der Waals surface area contributed by atoms with Crippen molar-refractivity contribution < 1.29 is 14.3 Å². The average molecular weight is 557 g/mol. The number of carbonyl (C=O) groups is 1. The van der Waals surface area contributed by atoms with E-state index in [4.69, 9.17) is 9.47 Å². The first-order valence-corrected chi connectivity index (χ1v) is 17.7. The highest BCUT2D eigenvalue weighted by atomic mass is 16.7. The molecule has 230 valence electrons. The number of fused-ring (bicyclic) bond motifs is 5. The Hall–Kier alpha value is -0.990. The van der Waals surface area contributed by atoms with Gasteiger partial charge in [-0.1, -0.05) is 111 Å². The molecule has 0 aliphatic heterocycles. The molecule has 3 heteroatoms. The van der Waals surface area contributed by atoms with Crippen molar-refractivity contribution in [3.63, 3.8) is 0 Å². The fourth-order valence-corrected chi connectivity index (χ4v) is 10.1. The molecule has 0 radical (unpaired) electrons. The number of hydrogen-bond acceptors (Lipinski definition) is 3. The van der Waals surface area contributed by atoms with Crippen LogP contribution in [0, 0.1) is 46.3 Å². The Balaban J connectivity index is 1.26. The van der Waals surface area contributed by atoms with E-state index in [1.54, 1.807) is 5.57 Å². The van der Waals surface area contributed by atoms with E-state index in [2.05, 4.69) is 47.6 Å². The molecule has 0 heterocycles. The number of ether oxygens (including phenoxy) is 2. The third kappa shape index (κ3) is 7.31. The summed E-state index contributed by atoms with van der Waals surface area (Å²) in [6.45, 7) is 15.3. The van der Waals surface area contributed by atoms with Gasteiger partial charge in [0.05, 0.1) is 6.61 Å². The van der Waals surface area contributed by atoms with E-state index in [1.807, 2.05) is 0 Å². The summed E-state index contributed by atoms with van der Waals surface area (Å²) in [6, 6.07) is 0. The normalized spacial score (nSPS) is 35.9. The topological polar surface area (TPSA) is 35.5 Å². The van der Waals surface area contributed by atoms with Gasteiger partial charge in [0.15, 0.2) is 0 Å². The summed E-state index contributed by atoms with van der Waals surface area (Å²) in [5.74, 6) is 5.18. The van der Waals surface area contributed by atoms with Crippen molar-refractivity contribution in [2.45, 2.75) is 163 Å². The number of carbonyl (C=O) groups excluding carboxylic acids is 1. The molecule has 3 fully saturated rings. The second-order valence-corrected chi connectivity index (χ2v) is 15.5. The summed E-state index contributed by atoms with van der Waals surface area (Å²) in [7, 11) is 0. The number of unbranched alkanes of at least 4 members (excludes halogenated alkanes) is 6. The smallest absolute Gasteiger partial charge is 0.434 e. The lowest BCUT2D eigenvalue weighted by Crippen LogP contribution is -2.51. The van der Waals surface area contributed by atoms with Crippen LogP contribution in [-0.2, 0) is 9.47 Å². The minimum atomic E-state index is -0.443. The standard InChI is InChI=1S/C37H64O3/c1-7-8-9-10-11-12-13-25-39-35(38)40-30-21-23-36(5)29(26-30)17-18-31-33-20-19-32(28(4)16-14-15-27(2)3)37(33,6)24-22-34(31)36/h17,27-28,30-34H,7-16,18-26H2,1-6H3. The molecule has 4 aliphatic rings. The Morgan fingerprint density at radius 1 is 0.900 bits per heavy atom. The van der Waals surface area contributed by atoms with Crippen LogP contribution in [0.4, 0.5) is 4.79 Å². The third-order valence-electron chi connectivity index (χ3n) is 12.5. The molecule has 4 aliphatic carbocycles. The number of hydrogen-bond donors (Lipinski definition) is 0. The van der Waals surface area contributed by atoms with Crippen LogP contribution >= 0.6 is 0 Å². The van der Waals surface area contributed by atoms with Crippen LogP contribution in [0.25, 0.3) is 0 Å². The van der Waals surface area contributed by atoms with E-state index >= 15 is 0 Å². The highest BCUT2D eigenvalue weighted by Gasteiger charge is 2.59. The first kappa shape index (κ1) is 31.9. The quantitative estimate of drug-likeness (QED) is 0.121. The molecule has 0 aromatic heterocycles. The molecular weight excluding hydrogens is 492 g/mol. The monoisotopic (exact) mass is 556 g/mol. The highest BCUT2D eigenvalue weighted by Crippen LogP contribution is 2.67. The maximum Gasteiger partial charge on any atom is 0.508 e. The van der Waals surface area contributed by atoms with Crippen LogP contribution in [0.15, 0.2) is 11.6 Å². The molecule has 3 saturated carbocycles. The summed E-state index contributed by atoms with van der Waals surface area (Å²) in [6.07, 6.45) is 25.0. The average Bonchev–Trinajstić information content (AvgIpc) is 3.27. The van der Waals surface area contributed by atoms with Gasteiger partial charge in [0, 0.05) is 6.42 Å². The number of rotatable bonds is 14. The van der Waals surface area contributed by atoms with Gasteiger partial charge in [-0.25, -0.2) is 4.79 Å². The predicted molar refractivity (Wildman–Crippen MR) is 167 cm³/mol. The SMILES string of the molecule is CCCCCCCCCOC(=O)OC1CCC2(C)C(=CCC3C2CCC2(C)C(C(C)CCCC(C)C)CCC32)C1. The third-order valence-corrected chi connectivity index (χ3v) is 12.5. The van der Waals surface area contributed by atoms with Gasteiger partial charge in [-0.05, 0) is 97.7 Å². The van der Waals surface area contributed by atoms with E-state index in [1.165, 1.54) is 83.5 Å². The van der Waals surface area contributed by atoms with Gasteiger partial charge < -0.3 is 9.47 Å². The van der Waals surface area contributed by atoms with Crippen LogP contribution in [0.1, 0.15) is 157 Å². The fourth-order valence-electron chi connectivity index (χ4n) is 10.1. The van der Waals surface area contributed by atoms with Crippen LogP contribution in [0.2, 0.25) is 0 Å². The van der Waals surface area contributed by atoms with E-state index in [0.717, 1.165) is 67.6 Å². The fraction of sp³-hybridized carbons (Fsp3) is 0.919. The summed E-state index contributed by atoms with van der Waals surface area (Å²) >= 11 is 0. The van der Waals surface area contributed by atoms with Crippen molar-refractivity contribution in [1.82, 2.24) is 0 Å². The molecule has 0 spiro atoms. The Morgan fingerprint density at radius 3 is 2.40 bits per heavy atom. The zero-order chi connectivity index (χ0) is 28.8. The van der Waals surface area contributed by atoms with E-state index < -0.39 is 6.16 Å². The summed E-state index contributed by atoms with van der Waals surface area (Å²) in [5.41, 5.74) is 2.43. The minimum Gasteiger partial charge on any atom is -0.434 e. The van der Waals surface area contributed by atoms with Gasteiger partial charge in [0.1, 0.15) is 6.10 Å². The molecular formula is C37H64O3. The van der Waals surface area contributed by atoms with E-state index in [0.29, 0.717) is 17.4 Å². The summed E-state index contributed by atoms with van der Waals surface area (Å²) in [5, 5.41) is 0. The molecule has 0 amide bonds. The molecule has 3 nitrogen and oxygen atoms in total. The summed E-state index contributed by atoms with van der Waals surface area (Å²) in [4.78, 5) is 12.4. The van der Waals surface area contributed by atoms with Crippen molar-refractivity contribution in [3.8, 4) is 0 Å². The van der Waals surface area contributed by atoms with Crippen molar-refractivity contribution in [3.05, 3.63) is 11.6 Å². The lowest BCUT2D eigenvalue weighted by atomic mass is 9.47. The van der Waals surface area contributed by atoms with Gasteiger partial charge in [-0.3, -0.25) is 0 Å². The molecule has 0 saturated heterocycles. The van der Waals surface area contributed by atoms with Crippen molar-refractivity contribution >= 4 is 6.16 Å². The molecule has 0 aromatic carbocycles. The van der Waals surface area contributed by atoms with Crippen molar-refractivity contribution in [1.29, 1.82) is 0 Å². The Morgan fingerprint density at radius 2 is 1.65 bits per heavy atom. The van der Waals surface area contributed by atoms with E-state index in [-0.39, 0.29) is 6.10 Å². The second-order valence-electron chi connectivity index (χ2n) is 15.5. The van der Waals surface area contributed by atoms with Gasteiger partial charge >= 0.3 is 6.16 Å². The molecule has 8 atom stereocenters. The molecule has 8 unspecified atom stereocenters. The first-order valence-electron chi connectivity index (χ1n) is 17.7. The summed E-state index contributed by atoms with van der Waals surface area (Å²) < 4.78 is 11.3. The largest absolute Gasteiger partial charge is 0.508 e. The Bertz CT molecular complexity index is 831. The lowest BCUT2D eigenvalue weighted by molar-refractivity contribution is -0.0617. The highest BCUT2D eigenvalue weighted by molar-refractivity contribution is 5.60. The zero-order valence-corrected chi connectivity index (χ0v) is 27.3. The van der Waals surface area contributed by atoms with Crippen LogP contribution < -0.4 is 0 Å². The zero-order valence-electron chi connectivity index (χ0n) is 27.3. The van der Waals surface area contributed by atoms with Crippen LogP contribution in [-0.4, -0.2) is 18.9 Å². The molecule has 0 aromatic rings. The van der Waals surface area contributed by atoms with Crippen LogP contribution in [0.3, 0.4) is 0 Å². The van der Waals surface area contributed by atoms with Crippen molar-refractivity contribution in [2.75, 3.05) is 6.61 Å². The second kappa shape index (κ2) is 14.5. The molecule has 0 N–H and O–H groups in total. The van der Waals surface area contributed by atoms with E-state index in [9.17, 15) is 4.79 Å². The molecule has 4 rings (SSSR count). The minimum absolute atomic E-state index is 0.00572. The maximum atomic E-state index is 12.4. The number of allylic oxidation sites excluding steroid dienone is 1. The molecule has 0 bridgehead atoms. The lowest BCUT2D eigenvalue weighted by Gasteiger charge is -2.58. The maximum absolute atomic E-state index is 12.4. The van der Waals surface area contributed by atoms with Gasteiger partial charge in [0.25, 0.3) is 0 Å². The predicted octanol–water partition coefficient (Wildman–Crippen LogP) is 11.3. The van der Waals surface area contributed by atoms with Gasteiger partial charge in [-0.2, -0.15) is 0 Å². The van der Waals surface area contributed by atoms with Crippen LogP contribution in [0.5, 0.6) is 0 Å².